The van der Waals surface area contributed by atoms with Gasteiger partial charge in [-0.15, -0.1) is 0 Å². The van der Waals surface area contributed by atoms with Gasteiger partial charge in [-0.1, -0.05) is 31.4 Å². The number of benzene rings is 1. The fourth-order valence-corrected chi connectivity index (χ4v) is 3.07. The van der Waals surface area contributed by atoms with Crippen molar-refractivity contribution in [2.45, 2.75) is 78.2 Å². The minimum Gasteiger partial charge on any atom is -0.508 e. The molecule has 1 aliphatic rings. The Morgan fingerprint density at radius 2 is 2.14 bits per heavy atom. The van der Waals surface area contributed by atoms with Crippen LogP contribution in [-0.4, -0.2) is 11.2 Å². The fourth-order valence-electron chi connectivity index (χ4n) is 3.07. The molecule has 2 rings (SSSR count). The molecule has 2 nitrogen and oxygen atoms in total. The number of fused-ring (bicyclic) bond motifs is 1. The SMILES string of the molecule is CCCCCc1cc(O)c2c(c1)OC(CCC=C(C)C)CC2. The van der Waals surface area contributed by atoms with E-state index in [1.165, 1.54) is 30.4 Å². The predicted molar refractivity (Wildman–Crippen MR) is 92.7 cm³/mol. The second kappa shape index (κ2) is 8.26. The summed E-state index contributed by atoms with van der Waals surface area (Å²) in [5.41, 5.74) is 3.57. The lowest BCUT2D eigenvalue weighted by atomic mass is 9.96. The topological polar surface area (TPSA) is 29.5 Å². The van der Waals surface area contributed by atoms with E-state index in [0.717, 1.165) is 43.4 Å². The van der Waals surface area contributed by atoms with E-state index < -0.39 is 0 Å². The van der Waals surface area contributed by atoms with Crippen LogP contribution in [0.3, 0.4) is 0 Å². The van der Waals surface area contributed by atoms with Crippen molar-refractivity contribution in [1.29, 1.82) is 0 Å². The van der Waals surface area contributed by atoms with Crippen LogP contribution >= 0.6 is 0 Å². The van der Waals surface area contributed by atoms with Crippen molar-refractivity contribution in [2.75, 3.05) is 0 Å². The van der Waals surface area contributed by atoms with Crippen molar-refractivity contribution < 1.29 is 9.84 Å². The van der Waals surface area contributed by atoms with Crippen LogP contribution in [0.25, 0.3) is 0 Å². The molecule has 0 aliphatic carbocycles. The Labute approximate surface area is 135 Å². The summed E-state index contributed by atoms with van der Waals surface area (Å²) in [5.74, 6) is 1.34. The highest BCUT2D eigenvalue weighted by Crippen LogP contribution is 2.36. The van der Waals surface area contributed by atoms with Gasteiger partial charge in [-0.05, 0) is 70.1 Å². The van der Waals surface area contributed by atoms with Crippen molar-refractivity contribution in [3.8, 4) is 11.5 Å². The summed E-state index contributed by atoms with van der Waals surface area (Å²) in [6.45, 7) is 6.49. The first-order chi connectivity index (χ1) is 10.6. The number of rotatable bonds is 7. The normalized spacial score (nSPS) is 16.8. The highest BCUT2D eigenvalue weighted by Gasteiger charge is 2.22. The molecule has 22 heavy (non-hydrogen) atoms. The third-order valence-corrected chi connectivity index (χ3v) is 4.37. The van der Waals surface area contributed by atoms with E-state index in [9.17, 15) is 5.11 Å². The van der Waals surface area contributed by atoms with Gasteiger partial charge < -0.3 is 9.84 Å². The summed E-state index contributed by atoms with van der Waals surface area (Å²) < 4.78 is 6.15. The zero-order chi connectivity index (χ0) is 15.9. The van der Waals surface area contributed by atoms with E-state index in [-0.39, 0.29) is 6.10 Å². The molecular weight excluding hydrogens is 272 g/mol. The fraction of sp³-hybridized carbons (Fsp3) is 0.600. The van der Waals surface area contributed by atoms with Crippen LogP contribution in [0.1, 0.15) is 70.4 Å². The lowest BCUT2D eigenvalue weighted by Gasteiger charge is -2.27. The zero-order valence-corrected chi connectivity index (χ0v) is 14.3. The molecule has 0 aromatic heterocycles. The monoisotopic (exact) mass is 302 g/mol. The maximum absolute atomic E-state index is 10.2. The van der Waals surface area contributed by atoms with Crippen LogP contribution in [0.2, 0.25) is 0 Å². The van der Waals surface area contributed by atoms with E-state index >= 15 is 0 Å². The molecule has 1 heterocycles. The van der Waals surface area contributed by atoms with Gasteiger partial charge in [-0.3, -0.25) is 0 Å². The van der Waals surface area contributed by atoms with Gasteiger partial charge in [-0.25, -0.2) is 0 Å². The Hall–Kier alpha value is -1.44. The van der Waals surface area contributed by atoms with Gasteiger partial charge in [0.05, 0.1) is 6.10 Å². The van der Waals surface area contributed by atoms with Crippen LogP contribution in [0.15, 0.2) is 23.8 Å². The smallest absolute Gasteiger partial charge is 0.126 e. The van der Waals surface area contributed by atoms with Crippen LogP contribution < -0.4 is 4.74 Å². The average Bonchev–Trinajstić information content (AvgIpc) is 2.47. The summed E-state index contributed by atoms with van der Waals surface area (Å²) in [4.78, 5) is 0. The summed E-state index contributed by atoms with van der Waals surface area (Å²) in [6.07, 6.45) is 11.3. The van der Waals surface area contributed by atoms with Crippen molar-refractivity contribution in [2.24, 2.45) is 0 Å². The highest BCUT2D eigenvalue weighted by molar-refractivity contribution is 5.48. The van der Waals surface area contributed by atoms with E-state index in [4.69, 9.17) is 4.74 Å². The van der Waals surface area contributed by atoms with Gasteiger partial charge in [0.15, 0.2) is 0 Å². The molecule has 1 aromatic carbocycles. The van der Waals surface area contributed by atoms with Gasteiger partial charge in [0, 0.05) is 5.56 Å². The zero-order valence-electron chi connectivity index (χ0n) is 14.3. The molecule has 0 radical (unpaired) electrons. The van der Waals surface area contributed by atoms with Crippen LogP contribution in [0, 0.1) is 0 Å². The second-order valence-electron chi connectivity index (χ2n) is 6.69. The first kappa shape index (κ1) is 16.9. The minimum absolute atomic E-state index is 0.286. The summed E-state index contributed by atoms with van der Waals surface area (Å²) >= 11 is 0. The van der Waals surface area contributed by atoms with Crippen molar-refractivity contribution in [1.82, 2.24) is 0 Å². The van der Waals surface area contributed by atoms with Crippen molar-refractivity contribution >= 4 is 0 Å². The standard InChI is InChI=1S/C20H30O2/c1-4-5-6-9-16-13-19(21)18-12-11-17(22-20(18)14-16)10-7-8-15(2)3/h8,13-14,17,21H,4-7,9-12H2,1-3H3. The van der Waals surface area contributed by atoms with E-state index in [1.807, 2.05) is 6.07 Å². The highest BCUT2D eigenvalue weighted by atomic mass is 16.5. The molecule has 0 fully saturated rings. The number of phenolic OH excluding ortho intramolecular Hbond substituents is 1. The summed E-state index contributed by atoms with van der Waals surface area (Å²) in [5, 5.41) is 10.2. The second-order valence-corrected chi connectivity index (χ2v) is 6.69. The molecule has 0 saturated carbocycles. The molecule has 0 saturated heterocycles. The number of ether oxygens (including phenoxy) is 1. The molecule has 122 valence electrons. The number of aryl methyl sites for hydroxylation is 1. The molecule has 0 bridgehead atoms. The maximum Gasteiger partial charge on any atom is 0.126 e. The summed E-state index contributed by atoms with van der Waals surface area (Å²) in [7, 11) is 0. The van der Waals surface area contributed by atoms with Crippen molar-refractivity contribution in [3.05, 3.63) is 34.9 Å². The van der Waals surface area contributed by atoms with E-state index in [1.54, 1.807) is 0 Å². The Balaban J connectivity index is 2.00. The number of phenols is 1. The molecule has 2 heteroatoms. The molecule has 1 unspecified atom stereocenters. The Kier molecular flexibility index (Phi) is 6.35. The van der Waals surface area contributed by atoms with Gasteiger partial charge in [0.25, 0.3) is 0 Å². The Morgan fingerprint density at radius 3 is 2.86 bits per heavy atom. The molecule has 1 N–H and O–H groups in total. The number of hydrogen-bond donors (Lipinski definition) is 1. The molecule has 1 aromatic rings. The molecule has 0 amide bonds. The van der Waals surface area contributed by atoms with E-state index in [2.05, 4.69) is 32.9 Å². The maximum atomic E-state index is 10.2. The number of aromatic hydroxyl groups is 1. The molecule has 1 aliphatic heterocycles. The van der Waals surface area contributed by atoms with Crippen molar-refractivity contribution in [3.63, 3.8) is 0 Å². The van der Waals surface area contributed by atoms with Gasteiger partial charge in [0.1, 0.15) is 11.5 Å². The lowest BCUT2D eigenvalue weighted by Crippen LogP contribution is -2.22. The number of hydrogen-bond acceptors (Lipinski definition) is 2. The average molecular weight is 302 g/mol. The third kappa shape index (κ3) is 4.79. The minimum atomic E-state index is 0.286. The Morgan fingerprint density at radius 1 is 1.32 bits per heavy atom. The lowest BCUT2D eigenvalue weighted by molar-refractivity contribution is 0.163. The quantitative estimate of drug-likeness (QED) is 0.527. The first-order valence-corrected chi connectivity index (χ1v) is 8.75. The summed E-state index contributed by atoms with van der Waals surface area (Å²) in [6, 6.07) is 4.08. The van der Waals surface area contributed by atoms with Crippen LogP contribution in [0.5, 0.6) is 11.5 Å². The molecule has 0 spiro atoms. The Bertz CT molecular complexity index is 513. The van der Waals surface area contributed by atoms with E-state index in [0.29, 0.717) is 5.75 Å². The number of allylic oxidation sites excluding steroid dienone is 2. The van der Waals surface area contributed by atoms with Crippen LogP contribution in [-0.2, 0) is 12.8 Å². The van der Waals surface area contributed by atoms with Crippen LogP contribution in [0.4, 0.5) is 0 Å². The predicted octanol–water partition coefficient (Wildman–Crippen LogP) is 5.56. The molecule has 1 atom stereocenters. The largest absolute Gasteiger partial charge is 0.508 e. The third-order valence-electron chi connectivity index (χ3n) is 4.37. The van der Waals surface area contributed by atoms with Gasteiger partial charge in [-0.2, -0.15) is 0 Å². The first-order valence-electron chi connectivity index (χ1n) is 8.75. The van der Waals surface area contributed by atoms with Gasteiger partial charge >= 0.3 is 0 Å². The van der Waals surface area contributed by atoms with Gasteiger partial charge in [0.2, 0.25) is 0 Å². The molecular formula is C20H30O2. The number of unbranched alkanes of at least 4 members (excludes halogenated alkanes) is 2.